The molecule has 2 heterocycles. The Balaban J connectivity index is 2.59. The van der Waals surface area contributed by atoms with Crippen LogP contribution in [-0.2, 0) is 10.4 Å². The molecule has 1 fully saturated rings. The number of alkyl halides is 1. The van der Waals surface area contributed by atoms with Gasteiger partial charge in [-0.3, -0.25) is 14.3 Å². The summed E-state index contributed by atoms with van der Waals surface area (Å²) in [6.45, 7) is 0. The molecule has 0 bridgehead atoms. The molecule has 0 saturated carbocycles. The molecule has 0 aromatic carbocycles. The molecule has 0 radical (unpaired) electrons. The van der Waals surface area contributed by atoms with Crippen molar-refractivity contribution in [3.05, 3.63) is 33.1 Å². The van der Waals surface area contributed by atoms with Crippen molar-refractivity contribution in [2.24, 2.45) is 0 Å². The number of aromatic amines is 1. The number of H-pyrrole nitrogens is 1. The Kier molecular flexibility index (Phi) is 3.49. The summed E-state index contributed by atoms with van der Waals surface area (Å²) in [5.74, 6) is -3.00. The molecule has 1 aliphatic rings. The zero-order valence-electron chi connectivity index (χ0n) is 11.7. The number of hydrogen-bond acceptors (Lipinski definition) is 6. The van der Waals surface area contributed by atoms with Gasteiger partial charge in [0.25, 0.3) is 11.4 Å². The summed E-state index contributed by atoms with van der Waals surface area (Å²) < 4.78 is 20.6. The van der Waals surface area contributed by atoms with Crippen molar-refractivity contribution >= 4 is 23.5 Å². The summed E-state index contributed by atoms with van der Waals surface area (Å²) in [5, 5.41) is 27.7. The van der Waals surface area contributed by atoms with E-state index >= 15 is 0 Å². The molecule has 0 aliphatic carbocycles. The van der Waals surface area contributed by atoms with Crippen LogP contribution in [0.4, 0.5) is 4.39 Å². The largest absolute Gasteiger partial charge is 0.402 e. The van der Waals surface area contributed by atoms with Crippen LogP contribution in [-0.4, -0.2) is 71.9 Å². The van der Waals surface area contributed by atoms with Crippen molar-refractivity contribution < 1.29 is 24.4 Å². The summed E-state index contributed by atoms with van der Waals surface area (Å²) >= 11 is 0. The van der Waals surface area contributed by atoms with Gasteiger partial charge in [-0.05, 0) is 0 Å². The molecule has 1 saturated heterocycles. The van der Waals surface area contributed by atoms with Gasteiger partial charge in [0.05, 0.1) is 5.40 Å². The van der Waals surface area contributed by atoms with Crippen molar-refractivity contribution in [1.82, 2.24) is 9.55 Å². The van der Waals surface area contributed by atoms with Crippen LogP contribution in [0.15, 0.2) is 21.9 Å². The molecule has 112 valence electrons. The Morgan fingerprint density at radius 2 is 1.95 bits per heavy atom. The van der Waals surface area contributed by atoms with Gasteiger partial charge in [0.2, 0.25) is 0 Å². The minimum atomic E-state index is -3.00. The summed E-state index contributed by atoms with van der Waals surface area (Å²) in [7, 11) is 3.28. The summed E-state index contributed by atoms with van der Waals surface area (Å²) in [6.07, 6.45) is -2.94. The third-order valence-corrected chi connectivity index (χ3v) is 3.72. The Morgan fingerprint density at radius 1 is 1.38 bits per heavy atom. The third-order valence-electron chi connectivity index (χ3n) is 3.72. The van der Waals surface area contributed by atoms with E-state index in [0.29, 0.717) is 0 Å². The van der Waals surface area contributed by atoms with Crippen LogP contribution in [0.2, 0.25) is 0 Å². The molecular formula is C9H14B3FN2O6. The first kappa shape index (κ1) is 16.0. The zero-order chi connectivity index (χ0) is 16.2. The number of nitrogens with zero attached hydrogens (tertiary/aromatic N) is 1. The van der Waals surface area contributed by atoms with Gasteiger partial charge < -0.3 is 20.1 Å². The van der Waals surface area contributed by atoms with Gasteiger partial charge >= 0.3 is 5.69 Å². The van der Waals surface area contributed by atoms with Gasteiger partial charge in [0, 0.05) is 12.3 Å². The lowest BCUT2D eigenvalue weighted by Gasteiger charge is -2.36. The number of aromatic nitrogens is 2. The average molecular weight is 298 g/mol. The molecule has 1 aromatic rings. The predicted octanol–water partition coefficient (Wildman–Crippen LogP) is -5.89. The van der Waals surface area contributed by atoms with E-state index < -0.39 is 40.3 Å². The van der Waals surface area contributed by atoms with Crippen LogP contribution < -0.4 is 11.2 Å². The number of nitrogens with one attached hydrogen (secondary N) is 1. The summed E-state index contributed by atoms with van der Waals surface area (Å²) in [6, 6.07) is 0.984. The van der Waals surface area contributed by atoms with Gasteiger partial charge in [0.1, 0.15) is 33.5 Å². The lowest BCUT2D eigenvalue weighted by atomic mass is 9.59. The second kappa shape index (κ2) is 4.57. The summed E-state index contributed by atoms with van der Waals surface area (Å²) in [4.78, 5) is 24.8. The SMILES string of the molecule is BC(B)(O)[C@@]1(F)O[C@@](B)(n2ccc(=O)[nH]c2=O)[C@H](O)[C@@H]1O. The quantitative estimate of drug-likeness (QED) is 0.403. The molecule has 0 spiro atoms. The number of hydrogen-bond donors (Lipinski definition) is 4. The molecule has 0 unspecified atom stereocenters. The second-order valence-electron chi connectivity index (χ2n) is 5.73. The van der Waals surface area contributed by atoms with Gasteiger partial charge in [-0.25, -0.2) is 9.18 Å². The van der Waals surface area contributed by atoms with Crippen LogP contribution in [0.5, 0.6) is 0 Å². The molecular weight excluding hydrogens is 284 g/mol. The molecule has 12 heteroatoms. The zero-order valence-corrected chi connectivity index (χ0v) is 11.7. The van der Waals surface area contributed by atoms with Gasteiger partial charge in [-0.1, -0.05) is 0 Å². The van der Waals surface area contributed by atoms with Crippen LogP contribution in [0.25, 0.3) is 0 Å². The smallest absolute Gasteiger partial charge is 0.330 e. The normalized spacial score (nSPS) is 36.8. The van der Waals surface area contributed by atoms with Crippen molar-refractivity contribution in [3.63, 3.8) is 0 Å². The monoisotopic (exact) mass is 298 g/mol. The van der Waals surface area contributed by atoms with E-state index in [-0.39, 0.29) is 0 Å². The predicted molar refractivity (Wildman–Crippen MR) is 76.8 cm³/mol. The van der Waals surface area contributed by atoms with Gasteiger partial charge in [-0.15, -0.1) is 0 Å². The maximum atomic E-state index is 14.8. The molecule has 21 heavy (non-hydrogen) atoms. The fourth-order valence-corrected chi connectivity index (χ4v) is 2.36. The van der Waals surface area contributed by atoms with Crippen LogP contribution in [0.3, 0.4) is 0 Å². The minimum Gasteiger partial charge on any atom is -0.402 e. The molecule has 0 amide bonds. The van der Waals surface area contributed by atoms with Crippen LogP contribution in [0.1, 0.15) is 0 Å². The third kappa shape index (κ3) is 2.18. The number of ether oxygens (including phenoxy) is 1. The minimum absolute atomic E-state index is 0.679. The summed E-state index contributed by atoms with van der Waals surface area (Å²) in [5.41, 5.74) is -3.63. The van der Waals surface area contributed by atoms with Crippen molar-refractivity contribution in [2.45, 2.75) is 29.1 Å². The Bertz CT molecular complexity index is 674. The number of aliphatic hydroxyl groups is 3. The highest BCUT2D eigenvalue weighted by molar-refractivity contribution is 6.39. The Labute approximate surface area is 120 Å². The van der Waals surface area contributed by atoms with E-state index in [1.165, 1.54) is 0 Å². The molecule has 8 nitrogen and oxygen atoms in total. The molecule has 4 N–H and O–H groups in total. The Hall–Kier alpha value is -1.36. The van der Waals surface area contributed by atoms with Crippen LogP contribution >= 0.6 is 0 Å². The van der Waals surface area contributed by atoms with Gasteiger partial charge in [-0.2, -0.15) is 0 Å². The molecule has 4 atom stereocenters. The second-order valence-corrected chi connectivity index (χ2v) is 5.73. The first-order valence-corrected chi connectivity index (χ1v) is 6.23. The van der Waals surface area contributed by atoms with Crippen molar-refractivity contribution in [2.75, 3.05) is 0 Å². The topological polar surface area (TPSA) is 125 Å². The van der Waals surface area contributed by atoms with E-state index in [1.54, 1.807) is 0 Å². The Morgan fingerprint density at radius 3 is 2.38 bits per heavy atom. The maximum Gasteiger partial charge on any atom is 0.330 e. The first-order chi connectivity index (χ1) is 9.43. The number of rotatable bonds is 2. The number of aliphatic hydroxyl groups excluding tert-OH is 2. The van der Waals surface area contributed by atoms with Crippen LogP contribution in [0, 0.1) is 0 Å². The van der Waals surface area contributed by atoms with E-state index in [9.17, 15) is 29.3 Å². The highest BCUT2D eigenvalue weighted by Gasteiger charge is 2.67. The van der Waals surface area contributed by atoms with Gasteiger partial charge in [0.15, 0.2) is 7.85 Å². The standard InChI is InChI=1S/C9H14B3FN2O6/c10-8(15-2-1-3(16)14-6(15)19)5(18)4(17)7(13,21-8)9(11,12)20/h1-2,4-5,17-18,20H,10-12H2,(H,14,16,19)/t4-,5+,7-,8-/m0/s1. The van der Waals surface area contributed by atoms with E-state index in [1.807, 2.05) is 4.98 Å². The van der Waals surface area contributed by atoms with E-state index in [4.69, 9.17) is 4.74 Å². The van der Waals surface area contributed by atoms with E-state index in [0.717, 1.165) is 40.4 Å². The maximum absolute atomic E-state index is 14.8. The molecule has 2 rings (SSSR count). The first-order valence-electron chi connectivity index (χ1n) is 6.23. The van der Waals surface area contributed by atoms with Crippen molar-refractivity contribution in [1.29, 1.82) is 0 Å². The average Bonchev–Trinajstić information content (AvgIpc) is 2.51. The lowest BCUT2D eigenvalue weighted by Crippen LogP contribution is -2.59. The fourth-order valence-electron chi connectivity index (χ4n) is 2.36. The highest BCUT2D eigenvalue weighted by Crippen LogP contribution is 2.44. The molecule has 1 aliphatic heterocycles. The number of halogens is 1. The highest BCUT2D eigenvalue weighted by atomic mass is 19.2. The van der Waals surface area contributed by atoms with Crippen molar-refractivity contribution in [3.8, 4) is 0 Å². The molecule has 1 aromatic heterocycles. The fraction of sp³-hybridized carbons (Fsp3) is 0.556. The van der Waals surface area contributed by atoms with E-state index in [2.05, 4.69) is 0 Å². The lowest BCUT2D eigenvalue weighted by molar-refractivity contribution is -0.243.